The zero-order chi connectivity index (χ0) is 16.6. The Morgan fingerprint density at radius 2 is 1.78 bits per heavy atom. The first kappa shape index (κ1) is 15.8. The van der Waals surface area contributed by atoms with Crippen molar-refractivity contribution in [3.63, 3.8) is 0 Å². The predicted molar refractivity (Wildman–Crippen MR) is 91.7 cm³/mol. The molecular formula is C19H18ClNO2. The fraction of sp³-hybridized carbons (Fsp3) is 0.263. The molecule has 4 heteroatoms. The van der Waals surface area contributed by atoms with Crippen LogP contribution in [0.1, 0.15) is 23.1 Å². The molecule has 2 amide bonds. The SMILES string of the molecule is Cc1ccc(C)c(N2C(=O)C[C@H](Cc3ccc(Cl)cc3)C2=O)c1. The summed E-state index contributed by atoms with van der Waals surface area (Å²) in [6, 6.07) is 13.2. The Labute approximate surface area is 140 Å². The van der Waals surface area contributed by atoms with Gasteiger partial charge in [0.1, 0.15) is 0 Å². The molecule has 1 heterocycles. The van der Waals surface area contributed by atoms with E-state index in [0.29, 0.717) is 17.1 Å². The van der Waals surface area contributed by atoms with Crippen molar-refractivity contribution >= 4 is 29.1 Å². The van der Waals surface area contributed by atoms with Crippen LogP contribution in [0.2, 0.25) is 5.02 Å². The van der Waals surface area contributed by atoms with Gasteiger partial charge in [0, 0.05) is 11.4 Å². The Hall–Kier alpha value is -2.13. The number of imide groups is 1. The summed E-state index contributed by atoms with van der Waals surface area (Å²) < 4.78 is 0. The van der Waals surface area contributed by atoms with E-state index in [-0.39, 0.29) is 24.2 Å². The third kappa shape index (κ3) is 3.15. The van der Waals surface area contributed by atoms with E-state index < -0.39 is 0 Å². The number of benzene rings is 2. The number of nitrogens with zero attached hydrogens (tertiary/aromatic N) is 1. The van der Waals surface area contributed by atoms with Crippen molar-refractivity contribution in [3.8, 4) is 0 Å². The van der Waals surface area contributed by atoms with E-state index in [1.54, 1.807) is 12.1 Å². The van der Waals surface area contributed by atoms with Gasteiger partial charge < -0.3 is 0 Å². The van der Waals surface area contributed by atoms with Crippen LogP contribution in [-0.4, -0.2) is 11.8 Å². The second-order valence-electron chi connectivity index (χ2n) is 6.09. The van der Waals surface area contributed by atoms with Gasteiger partial charge >= 0.3 is 0 Å². The van der Waals surface area contributed by atoms with Crippen molar-refractivity contribution in [3.05, 3.63) is 64.2 Å². The van der Waals surface area contributed by atoms with Crippen LogP contribution in [0.3, 0.4) is 0 Å². The minimum atomic E-state index is -0.302. The molecule has 3 rings (SSSR count). The second kappa shape index (κ2) is 6.17. The maximum Gasteiger partial charge on any atom is 0.237 e. The molecule has 1 atom stereocenters. The Morgan fingerprint density at radius 3 is 2.48 bits per heavy atom. The summed E-state index contributed by atoms with van der Waals surface area (Å²) in [6.07, 6.45) is 0.817. The van der Waals surface area contributed by atoms with Gasteiger partial charge in [-0.3, -0.25) is 14.5 Å². The molecule has 0 aliphatic carbocycles. The molecule has 3 nitrogen and oxygen atoms in total. The first-order chi connectivity index (χ1) is 11.0. The lowest BCUT2D eigenvalue weighted by Gasteiger charge is -2.18. The van der Waals surface area contributed by atoms with Crippen molar-refractivity contribution < 1.29 is 9.59 Å². The molecule has 0 unspecified atom stereocenters. The molecule has 0 spiro atoms. The Balaban J connectivity index is 1.85. The van der Waals surface area contributed by atoms with Crippen LogP contribution in [-0.2, 0) is 16.0 Å². The van der Waals surface area contributed by atoms with E-state index in [1.165, 1.54) is 4.90 Å². The third-order valence-electron chi connectivity index (χ3n) is 4.24. The van der Waals surface area contributed by atoms with E-state index in [2.05, 4.69) is 0 Å². The average molecular weight is 328 g/mol. The van der Waals surface area contributed by atoms with Crippen molar-refractivity contribution in [1.29, 1.82) is 0 Å². The van der Waals surface area contributed by atoms with Crippen LogP contribution in [0.25, 0.3) is 0 Å². The van der Waals surface area contributed by atoms with E-state index in [9.17, 15) is 9.59 Å². The predicted octanol–water partition coefficient (Wildman–Crippen LogP) is 4.08. The molecule has 1 fully saturated rings. The molecule has 1 aliphatic rings. The van der Waals surface area contributed by atoms with Crippen LogP contribution >= 0.6 is 11.6 Å². The average Bonchev–Trinajstić information content (AvgIpc) is 2.78. The van der Waals surface area contributed by atoms with Crippen molar-refractivity contribution in [1.82, 2.24) is 0 Å². The molecule has 1 aliphatic heterocycles. The number of carbonyl (C=O) groups excluding carboxylic acids is 2. The molecule has 2 aromatic rings. The van der Waals surface area contributed by atoms with Gasteiger partial charge in [0.2, 0.25) is 11.8 Å². The quantitative estimate of drug-likeness (QED) is 0.797. The molecule has 1 saturated heterocycles. The molecule has 0 radical (unpaired) electrons. The van der Waals surface area contributed by atoms with Gasteiger partial charge in [-0.25, -0.2) is 0 Å². The summed E-state index contributed by atoms with van der Waals surface area (Å²) in [5.74, 6) is -0.537. The lowest BCUT2D eigenvalue weighted by molar-refractivity contribution is -0.122. The molecule has 23 heavy (non-hydrogen) atoms. The number of hydrogen-bond donors (Lipinski definition) is 0. The highest BCUT2D eigenvalue weighted by atomic mass is 35.5. The zero-order valence-corrected chi connectivity index (χ0v) is 13.9. The molecule has 0 aromatic heterocycles. The Kier molecular flexibility index (Phi) is 4.22. The molecule has 0 saturated carbocycles. The van der Waals surface area contributed by atoms with Crippen molar-refractivity contribution in [2.45, 2.75) is 26.7 Å². The highest BCUT2D eigenvalue weighted by molar-refractivity contribution is 6.30. The van der Waals surface area contributed by atoms with Gasteiger partial charge in [-0.15, -0.1) is 0 Å². The number of carbonyl (C=O) groups is 2. The van der Waals surface area contributed by atoms with Crippen LogP contribution in [0.15, 0.2) is 42.5 Å². The minimum absolute atomic E-state index is 0.112. The van der Waals surface area contributed by atoms with E-state index in [4.69, 9.17) is 11.6 Å². The van der Waals surface area contributed by atoms with Gasteiger partial charge in [0.25, 0.3) is 0 Å². The second-order valence-corrected chi connectivity index (χ2v) is 6.53. The van der Waals surface area contributed by atoms with Crippen LogP contribution in [0.4, 0.5) is 5.69 Å². The number of hydrogen-bond acceptors (Lipinski definition) is 2. The lowest BCUT2D eigenvalue weighted by Crippen LogP contribution is -2.31. The maximum absolute atomic E-state index is 12.7. The van der Waals surface area contributed by atoms with Gasteiger partial charge in [-0.2, -0.15) is 0 Å². The molecule has 118 valence electrons. The standard InChI is InChI=1S/C19H18ClNO2/c1-12-3-4-13(2)17(9-12)21-18(22)11-15(19(21)23)10-14-5-7-16(20)8-6-14/h3-9,15H,10-11H2,1-2H3/t15-/m0/s1. The van der Waals surface area contributed by atoms with Gasteiger partial charge in [-0.1, -0.05) is 35.9 Å². The topological polar surface area (TPSA) is 37.4 Å². The first-order valence-electron chi connectivity index (χ1n) is 7.64. The number of anilines is 1. The largest absolute Gasteiger partial charge is 0.274 e. The summed E-state index contributed by atoms with van der Waals surface area (Å²) in [6.45, 7) is 3.88. The van der Waals surface area contributed by atoms with Crippen LogP contribution < -0.4 is 4.90 Å². The van der Waals surface area contributed by atoms with Crippen molar-refractivity contribution in [2.75, 3.05) is 4.90 Å². The molecule has 0 N–H and O–H groups in total. The number of halogens is 1. The molecular weight excluding hydrogens is 310 g/mol. The highest BCUT2D eigenvalue weighted by Gasteiger charge is 2.39. The van der Waals surface area contributed by atoms with Gasteiger partial charge in [0.15, 0.2) is 0 Å². The minimum Gasteiger partial charge on any atom is -0.274 e. The lowest BCUT2D eigenvalue weighted by atomic mass is 9.98. The number of rotatable bonds is 3. The number of amides is 2. The third-order valence-corrected chi connectivity index (χ3v) is 4.49. The maximum atomic E-state index is 12.7. The summed E-state index contributed by atoms with van der Waals surface area (Å²) in [5.41, 5.74) is 3.69. The van der Waals surface area contributed by atoms with Crippen LogP contribution in [0, 0.1) is 19.8 Å². The smallest absolute Gasteiger partial charge is 0.237 e. The Morgan fingerprint density at radius 1 is 1.09 bits per heavy atom. The van der Waals surface area contributed by atoms with Gasteiger partial charge in [0.05, 0.1) is 11.6 Å². The number of aryl methyl sites for hydroxylation is 2. The monoisotopic (exact) mass is 327 g/mol. The van der Waals surface area contributed by atoms with Crippen LogP contribution in [0.5, 0.6) is 0 Å². The first-order valence-corrected chi connectivity index (χ1v) is 8.02. The van der Waals surface area contributed by atoms with E-state index in [1.807, 2.05) is 44.2 Å². The van der Waals surface area contributed by atoms with E-state index >= 15 is 0 Å². The van der Waals surface area contributed by atoms with Crippen molar-refractivity contribution in [2.24, 2.45) is 5.92 Å². The highest BCUT2D eigenvalue weighted by Crippen LogP contribution is 2.31. The molecule has 0 bridgehead atoms. The zero-order valence-electron chi connectivity index (χ0n) is 13.2. The summed E-state index contributed by atoms with van der Waals surface area (Å²) in [4.78, 5) is 26.5. The summed E-state index contributed by atoms with van der Waals surface area (Å²) in [5, 5.41) is 0.666. The Bertz CT molecular complexity index is 767. The summed E-state index contributed by atoms with van der Waals surface area (Å²) >= 11 is 5.89. The fourth-order valence-corrected chi connectivity index (χ4v) is 3.10. The summed E-state index contributed by atoms with van der Waals surface area (Å²) in [7, 11) is 0. The van der Waals surface area contributed by atoms with E-state index in [0.717, 1.165) is 16.7 Å². The normalized spacial score (nSPS) is 17.9. The molecule has 2 aromatic carbocycles. The van der Waals surface area contributed by atoms with Gasteiger partial charge in [-0.05, 0) is 55.2 Å². The fourth-order valence-electron chi connectivity index (χ4n) is 2.97.